The highest BCUT2D eigenvalue weighted by Crippen LogP contribution is 2.63. The molecule has 0 saturated heterocycles. The van der Waals surface area contributed by atoms with Crippen molar-refractivity contribution in [3.63, 3.8) is 0 Å². The van der Waals surface area contributed by atoms with Gasteiger partial charge in [-0.1, -0.05) is 13.8 Å². The van der Waals surface area contributed by atoms with Crippen LogP contribution in [-0.2, 0) is 0 Å². The molecule has 1 N–H and O–H groups in total. The highest BCUT2D eigenvalue weighted by atomic mass is 19.4. The van der Waals surface area contributed by atoms with E-state index in [1.165, 1.54) is 19.2 Å². The van der Waals surface area contributed by atoms with Gasteiger partial charge in [0.05, 0.1) is 16.5 Å². The smallest absolute Gasteiger partial charge is 0.372 e. The molecule has 0 aliphatic carbocycles. The number of nitriles is 1. The summed E-state index contributed by atoms with van der Waals surface area (Å²) in [6.07, 6.45) is -7.33. The average molecular weight is 637 g/mol. The second-order valence-electron chi connectivity index (χ2n) is 9.07. The molecule has 20 heteroatoms. The Morgan fingerprint density at radius 2 is 1.21 bits per heavy atom. The minimum Gasteiger partial charge on any atom is -0.372 e. The molecular weight excluding hydrogens is 623 g/mol. The number of allylic oxidation sites excluding steroid dienone is 3. The van der Waals surface area contributed by atoms with Crippen LogP contribution in [0.3, 0.4) is 0 Å². The van der Waals surface area contributed by atoms with Crippen LogP contribution < -0.4 is 5.32 Å². The molecule has 5 nitrogen and oxygen atoms in total. The third-order valence-corrected chi connectivity index (χ3v) is 6.07. The second kappa shape index (κ2) is 10.3. The first-order valence-electron chi connectivity index (χ1n) is 10.9. The first-order valence-corrected chi connectivity index (χ1v) is 10.9. The van der Waals surface area contributed by atoms with Crippen LogP contribution in [0.2, 0.25) is 0 Å². The SMILES string of the molecule is CC(C)C1=CC(C#N)=C(C(F)(F)C(F)(F)C(F)(F)C(F)(F)C(F)(F)C(F)(F)C(F)(F)F)NC1c1ccc([N+](=O)[O-])cc1. The van der Waals surface area contributed by atoms with Gasteiger partial charge < -0.3 is 5.32 Å². The molecule has 1 heterocycles. The fourth-order valence-corrected chi connectivity index (χ4v) is 3.66. The van der Waals surface area contributed by atoms with E-state index < -0.39 is 75.6 Å². The molecule has 234 valence electrons. The number of dihydropyridines is 1. The van der Waals surface area contributed by atoms with Crippen molar-refractivity contribution in [2.24, 2.45) is 5.92 Å². The Hall–Kier alpha value is -3.66. The molecule has 0 radical (unpaired) electrons. The molecule has 0 spiro atoms. The van der Waals surface area contributed by atoms with E-state index in [2.05, 4.69) is 0 Å². The average Bonchev–Trinajstić information content (AvgIpc) is 2.86. The van der Waals surface area contributed by atoms with Crippen LogP contribution in [0.5, 0.6) is 0 Å². The molecule has 42 heavy (non-hydrogen) atoms. The Balaban J connectivity index is 2.76. The van der Waals surface area contributed by atoms with Crippen LogP contribution >= 0.6 is 0 Å². The van der Waals surface area contributed by atoms with Crippen molar-refractivity contribution in [3.8, 4) is 6.07 Å². The van der Waals surface area contributed by atoms with Crippen LogP contribution in [0.1, 0.15) is 25.5 Å². The molecule has 1 aliphatic heterocycles. The molecular formula is C22H14F15N3O2. The van der Waals surface area contributed by atoms with Gasteiger partial charge in [0.2, 0.25) is 0 Å². The topological polar surface area (TPSA) is 79.0 Å². The third-order valence-electron chi connectivity index (χ3n) is 6.07. The quantitative estimate of drug-likeness (QED) is 0.169. The predicted octanol–water partition coefficient (Wildman–Crippen LogP) is 7.97. The Kier molecular flexibility index (Phi) is 8.43. The van der Waals surface area contributed by atoms with E-state index in [9.17, 15) is 72.5 Å². The summed E-state index contributed by atoms with van der Waals surface area (Å²) in [5.41, 5.74) is -5.33. The summed E-state index contributed by atoms with van der Waals surface area (Å²) in [6, 6.07) is 2.25. The van der Waals surface area contributed by atoms with E-state index in [4.69, 9.17) is 0 Å². The van der Waals surface area contributed by atoms with E-state index in [0.29, 0.717) is 6.08 Å². The van der Waals surface area contributed by atoms with Gasteiger partial charge in [0.15, 0.2) is 0 Å². The predicted molar refractivity (Wildman–Crippen MR) is 110 cm³/mol. The molecule has 1 aliphatic rings. The zero-order valence-corrected chi connectivity index (χ0v) is 20.4. The van der Waals surface area contributed by atoms with Gasteiger partial charge in [0.1, 0.15) is 11.8 Å². The van der Waals surface area contributed by atoms with Gasteiger partial charge in [-0.2, -0.15) is 71.1 Å². The first kappa shape index (κ1) is 34.5. The Labute approximate surface area is 224 Å². The van der Waals surface area contributed by atoms with Crippen LogP contribution in [0.4, 0.5) is 71.5 Å². The fraction of sp³-hybridized carbons (Fsp3) is 0.500. The number of nitrogens with zero attached hydrogens (tertiary/aromatic N) is 2. The molecule has 0 bridgehead atoms. The minimum atomic E-state index is -8.48. The standard InChI is InChI=1S/C22H14F15N3O2/c1-9(2)13-7-11(8-38)15(39-14(13)10-3-5-12(6-4-10)40(41)42)16(23,24)17(25,26)18(27,28)19(29,30)20(31,32)21(33,34)22(35,36)37/h3-7,9,14,39H,1-2H3. The zero-order valence-electron chi connectivity index (χ0n) is 20.4. The number of alkyl halides is 15. The number of halogens is 15. The fourth-order valence-electron chi connectivity index (χ4n) is 3.66. The van der Waals surface area contributed by atoms with Crippen molar-refractivity contribution in [2.45, 2.75) is 61.6 Å². The minimum absolute atomic E-state index is 0.156. The lowest BCUT2D eigenvalue weighted by Crippen LogP contribution is -2.73. The summed E-state index contributed by atoms with van der Waals surface area (Å²) < 4.78 is 206. The van der Waals surface area contributed by atoms with Crippen molar-refractivity contribution in [1.82, 2.24) is 5.32 Å². The molecule has 0 fully saturated rings. The van der Waals surface area contributed by atoms with E-state index in [0.717, 1.165) is 30.3 Å². The number of benzene rings is 1. The molecule has 0 aromatic heterocycles. The monoisotopic (exact) mass is 637 g/mol. The van der Waals surface area contributed by atoms with Crippen molar-refractivity contribution in [1.29, 1.82) is 5.26 Å². The van der Waals surface area contributed by atoms with E-state index in [-0.39, 0.29) is 11.1 Å². The van der Waals surface area contributed by atoms with Crippen molar-refractivity contribution < 1.29 is 70.8 Å². The number of hydrogen-bond donors (Lipinski definition) is 1. The third kappa shape index (κ3) is 4.89. The van der Waals surface area contributed by atoms with Gasteiger partial charge in [-0.3, -0.25) is 10.1 Å². The highest BCUT2D eigenvalue weighted by Gasteiger charge is 2.93. The van der Waals surface area contributed by atoms with Gasteiger partial charge >= 0.3 is 41.7 Å². The maximum Gasteiger partial charge on any atom is 0.460 e. The van der Waals surface area contributed by atoms with Gasteiger partial charge in [0, 0.05) is 12.1 Å². The maximum absolute atomic E-state index is 15.0. The van der Waals surface area contributed by atoms with Crippen molar-refractivity contribution >= 4 is 5.69 Å². The number of nitro benzene ring substituents is 1. The van der Waals surface area contributed by atoms with Crippen molar-refractivity contribution in [2.75, 3.05) is 0 Å². The molecule has 1 aromatic carbocycles. The molecule has 2 rings (SSSR count). The van der Waals surface area contributed by atoms with Gasteiger partial charge in [-0.15, -0.1) is 0 Å². The molecule has 0 saturated carbocycles. The van der Waals surface area contributed by atoms with Crippen LogP contribution in [-0.4, -0.2) is 46.6 Å². The highest BCUT2D eigenvalue weighted by molar-refractivity contribution is 5.51. The Morgan fingerprint density at radius 3 is 1.60 bits per heavy atom. The second-order valence-corrected chi connectivity index (χ2v) is 9.07. The van der Waals surface area contributed by atoms with Crippen LogP contribution in [0.15, 0.2) is 47.2 Å². The largest absolute Gasteiger partial charge is 0.460 e. The number of hydrogen-bond acceptors (Lipinski definition) is 4. The lowest BCUT2D eigenvalue weighted by Gasteiger charge is -2.43. The summed E-state index contributed by atoms with van der Waals surface area (Å²) in [6.45, 7) is 2.66. The summed E-state index contributed by atoms with van der Waals surface area (Å²) in [5.74, 6) is -48.9. The summed E-state index contributed by atoms with van der Waals surface area (Å²) in [7, 11) is 0. The normalized spacial score (nSPS) is 18.0. The van der Waals surface area contributed by atoms with Gasteiger partial charge in [0.25, 0.3) is 5.69 Å². The maximum atomic E-state index is 15.0. The Morgan fingerprint density at radius 1 is 0.786 bits per heavy atom. The van der Waals surface area contributed by atoms with E-state index >= 15 is 8.78 Å². The molecule has 1 atom stereocenters. The van der Waals surface area contributed by atoms with Crippen molar-refractivity contribution in [3.05, 3.63) is 62.9 Å². The molecule has 1 aromatic rings. The Bertz CT molecular complexity index is 1320. The summed E-state index contributed by atoms with van der Waals surface area (Å²) in [5, 5.41) is 21.6. The summed E-state index contributed by atoms with van der Waals surface area (Å²) >= 11 is 0. The van der Waals surface area contributed by atoms with E-state index in [1.54, 1.807) is 0 Å². The number of rotatable bonds is 9. The molecule has 1 unspecified atom stereocenters. The first-order chi connectivity index (χ1) is 18.6. The van der Waals surface area contributed by atoms with Gasteiger partial charge in [-0.25, -0.2) is 0 Å². The molecule has 0 amide bonds. The van der Waals surface area contributed by atoms with Gasteiger partial charge in [-0.05, 0) is 35.3 Å². The number of nitro groups is 1. The lowest BCUT2D eigenvalue weighted by molar-refractivity contribution is -0.450. The summed E-state index contributed by atoms with van der Waals surface area (Å²) in [4.78, 5) is 9.93. The van der Waals surface area contributed by atoms with Crippen LogP contribution in [0.25, 0.3) is 0 Å². The lowest BCUT2D eigenvalue weighted by atomic mass is 9.83. The van der Waals surface area contributed by atoms with E-state index in [1.807, 2.05) is 0 Å². The van der Waals surface area contributed by atoms with Crippen LogP contribution in [0, 0.1) is 27.4 Å². The number of nitrogens with one attached hydrogen (secondary N) is 1. The number of non-ortho nitro benzene ring substituents is 1. The zero-order chi connectivity index (χ0) is 33.1.